The molecule has 3 aromatic carbocycles. The maximum Gasteiger partial charge on any atom is 0.269 e. The van der Waals surface area contributed by atoms with Crippen molar-refractivity contribution in [1.82, 2.24) is 0 Å². The first kappa shape index (κ1) is 22.8. The standard InChI is InChI=1S/C28H26N2O5/c1-19(9-7-8-16-31)28(34)22-17-21(29-24-12-5-6-13-25(24)35-18-26(29)32)14-15-23(22)30(27(28)33)20-10-3-2-4-11-20/h2-7,9-15,17,19,31,34H,8,16,18H2,1H3/b9-7+/t19-,28+/m0/s1. The number of fused-ring (bicyclic) bond motifs is 2. The molecule has 0 unspecified atom stereocenters. The van der Waals surface area contributed by atoms with Gasteiger partial charge in [-0.05, 0) is 48.9 Å². The van der Waals surface area contributed by atoms with Gasteiger partial charge in [0.1, 0.15) is 5.75 Å². The summed E-state index contributed by atoms with van der Waals surface area (Å²) in [7, 11) is 0. The number of ether oxygens (including phenoxy) is 1. The van der Waals surface area contributed by atoms with Gasteiger partial charge in [-0.15, -0.1) is 0 Å². The first-order valence-electron chi connectivity index (χ1n) is 11.6. The average molecular weight is 471 g/mol. The van der Waals surface area contributed by atoms with E-state index in [1.807, 2.05) is 42.5 Å². The van der Waals surface area contributed by atoms with Crippen LogP contribution in [0.3, 0.4) is 0 Å². The van der Waals surface area contributed by atoms with Gasteiger partial charge in [-0.3, -0.25) is 19.4 Å². The molecule has 2 heterocycles. The van der Waals surface area contributed by atoms with Gasteiger partial charge in [-0.25, -0.2) is 0 Å². The number of hydrogen-bond acceptors (Lipinski definition) is 5. The van der Waals surface area contributed by atoms with E-state index < -0.39 is 17.4 Å². The van der Waals surface area contributed by atoms with Crippen molar-refractivity contribution in [2.45, 2.75) is 18.9 Å². The molecular formula is C28H26N2O5. The molecule has 0 saturated carbocycles. The highest BCUT2D eigenvalue weighted by molar-refractivity contribution is 6.13. The molecule has 0 aromatic heterocycles. The fraction of sp³-hybridized carbons (Fsp3) is 0.214. The number of rotatable bonds is 6. The van der Waals surface area contributed by atoms with E-state index in [1.165, 1.54) is 4.90 Å². The summed E-state index contributed by atoms with van der Waals surface area (Å²) in [4.78, 5) is 29.8. The van der Waals surface area contributed by atoms with E-state index in [1.54, 1.807) is 54.3 Å². The van der Waals surface area contributed by atoms with Gasteiger partial charge in [0.05, 0.1) is 11.4 Å². The Hall–Kier alpha value is -3.94. The zero-order chi connectivity index (χ0) is 24.6. The molecule has 2 atom stereocenters. The van der Waals surface area contributed by atoms with E-state index in [9.17, 15) is 14.7 Å². The Balaban J connectivity index is 1.66. The van der Waals surface area contributed by atoms with E-state index in [0.29, 0.717) is 40.5 Å². The lowest BCUT2D eigenvalue weighted by Gasteiger charge is -2.31. The lowest BCUT2D eigenvalue weighted by atomic mass is 9.82. The molecule has 178 valence electrons. The maximum atomic E-state index is 13.8. The molecule has 7 heteroatoms. The fourth-order valence-corrected chi connectivity index (χ4v) is 4.73. The fourth-order valence-electron chi connectivity index (χ4n) is 4.73. The van der Waals surface area contributed by atoms with E-state index in [4.69, 9.17) is 9.84 Å². The Labute approximate surface area is 203 Å². The van der Waals surface area contributed by atoms with Gasteiger partial charge in [-0.1, -0.05) is 49.4 Å². The second kappa shape index (κ2) is 9.02. The van der Waals surface area contributed by atoms with E-state index in [2.05, 4.69) is 0 Å². The maximum absolute atomic E-state index is 13.8. The highest BCUT2D eigenvalue weighted by atomic mass is 16.5. The molecule has 0 spiro atoms. The number of nitrogens with zero attached hydrogens (tertiary/aromatic N) is 2. The number of aliphatic hydroxyl groups is 2. The van der Waals surface area contributed by atoms with Gasteiger partial charge >= 0.3 is 0 Å². The van der Waals surface area contributed by atoms with Gasteiger partial charge in [0.25, 0.3) is 11.8 Å². The monoisotopic (exact) mass is 470 g/mol. The topological polar surface area (TPSA) is 90.3 Å². The highest BCUT2D eigenvalue weighted by Gasteiger charge is 2.53. The molecule has 0 aliphatic carbocycles. The molecule has 0 saturated heterocycles. The van der Waals surface area contributed by atoms with E-state index in [-0.39, 0.29) is 19.1 Å². The summed E-state index contributed by atoms with van der Waals surface area (Å²) in [5, 5.41) is 21.1. The van der Waals surface area contributed by atoms with Crippen molar-refractivity contribution in [1.29, 1.82) is 0 Å². The number of para-hydroxylation sites is 3. The van der Waals surface area contributed by atoms with Crippen LogP contribution in [0.15, 0.2) is 84.9 Å². The van der Waals surface area contributed by atoms with Crippen LogP contribution >= 0.6 is 0 Å². The van der Waals surface area contributed by atoms with Crippen LogP contribution in [0.1, 0.15) is 18.9 Å². The van der Waals surface area contributed by atoms with Crippen molar-refractivity contribution in [3.63, 3.8) is 0 Å². The molecule has 3 aromatic rings. The minimum absolute atomic E-state index is 0.0228. The molecule has 2 aliphatic rings. The Morgan fingerprint density at radius 2 is 1.71 bits per heavy atom. The van der Waals surface area contributed by atoms with Crippen molar-refractivity contribution >= 4 is 34.6 Å². The highest BCUT2D eigenvalue weighted by Crippen LogP contribution is 2.50. The number of hydrogen-bond donors (Lipinski definition) is 2. The minimum Gasteiger partial charge on any atom is -0.482 e. The summed E-state index contributed by atoms with van der Waals surface area (Å²) >= 11 is 0. The van der Waals surface area contributed by atoms with Crippen LogP contribution in [0.25, 0.3) is 0 Å². The number of aliphatic hydroxyl groups excluding tert-OH is 1. The average Bonchev–Trinajstić information content (AvgIpc) is 3.11. The van der Waals surface area contributed by atoms with E-state index in [0.717, 1.165) is 0 Å². The van der Waals surface area contributed by atoms with E-state index >= 15 is 0 Å². The van der Waals surface area contributed by atoms with Crippen molar-refractivity contribution in [3.8, 4) is 5.75 Å². The zero-order valence-corrected chi connectivity index (χ0v) is 19.3. The van der Waals surface area contributed by atoms with Crippen molar-refractivity contribution in [3.05, 3.63) is 90.5 Å². The lowest BCUT2D eigenvalue weighted by molar-refractivity contribution is -0.138. The summed E-state index contributed by atoms with van der Waals surface area (Å²) in [5.74, 6) is -0.708. The molecule has 0 bridgehead atoms. The Morgan fingerprint density at radius 3 is 2.49 bits per heavy atom. The second-order valence-electron chi connectivity index (χ2n) is 8.66. The summed E-state index contributed by atoms with van der Waals surface area (Å²) in [6, 6.07) is 21.7. The summed E-state index contributed by atoms with van der Waals surface area (Å²) in [5.41, 5.74) is 0.902. The second-order valence-corrected chi connectivity index (χ2v) is 8.66. The van der Waals surface area contributed by atoms with Gasteiger partial charge in [-0.2, -0.15) is 0 Å². The normalized spacial score (nSPS) is 20.1. The molecule has 5 rings (SSSR count). The molecule has 35 heavy (non-hydrogen) atoms. The minimum atomic E-state index is -1.86. The van der Waals surface area contributed by atoms with Crippen LogP contribution in [0, 0.1) is 5.92 Å². The lowest BCUT2D eigenvalue weighted by Crippen LogP contribution is -2.43. The number of anilines is 4. The Bertz CT molecular complexity index is 1310. The number of benzene rings is 3. The first-order valence-corrected chi connectivity index (χ1v) is 11.6. The third-order valence-corrected chi connectivity index (χ3v) is 6.52. The van der Waals surface area contributed by atoms with Gasteiger partial charge in [0, 0.05) is 29.5 Å². The van der Waals surface area contributed by atoms with Crippen LogP contribution in [0.4, 0.5) is 22.7 Å². The van der Waals surface area contributed by atoms with Crippen LogP contribution in [0.2, 0.25) is 0 Å². The van der Waals surface area contributed by atoms with Gasteiger partial charge in [0.15, 0.2) is 12.2 Å². The molecule has 2 aliphatic heterocycles. The number of carbonyl (C=O) groups is 2. The van der Waals surface area contributed by atoms with Gasteiger partial charge < -0.3 is 14.9 Å². The van der Waals surface area contributed by atoms with Crippen molar-refractivity contribution < 1.29 is 24.5 Å². The molecule has 2 N–H and O–H groups in total. The molecule has 7 nitrogen and oxygen atoms in total. The quantitative estimate of drug-likeness (QED) is 0.528. The summed E-state index contributed by atoms with van der Waals surface area (Å²) in [6.07, 6.45) is 3.92. The predicted octanol–water partition coefficient (Wildman–Crippen LogP) is 4.18. The molecule has 0 fully saturated rings. The van der Waals surface area contributed by atoms with Crippen LogP contribution < -0.4 is 14.5 Å². The Morgan fingerprint density at radius 1 is 0.971 bits per heavy atom. The molecule has 0 radical (unpaired) electrons. The third kappa shape index (κ3) is 3.69. The first-order chi connectivity index (χ1) is 17.0. The smallest absolute Gasteiger partial charge is 0.269 e. The largest absolute Gasteiger partial charge is 0.482 e. The number of amides is 2. The molecular weight excluding hydrogens is 444 g/mol. The third-order valence-electron chi connectivity index (χ3n) is 6.52. The van der Waals surface area contributed by atoms with Gasteiger partial charge in [0.2, 0.25) is 0 Å². The van der Waals surface area contributed by atoms with Crippen molar-refractivity contribution in [2.75, 3.05) is 23.0 Å². The Kier molecular flexibility index (Phi) is 5.88. The summed E-state index contributed by atoms with van der Waals surface area (Å²) in [6.45, 7) is 1.64. The summed E-state index contributed by atoms with van der Waals surface area (Å²) < 4.78 is 5.57. The van der Waals surface area contributed by atoms with Crippen LogP contribution in [-0.4, -0.2) is 35.2 Å². The SMILES string of the molecule is C[C@@H](/C=C/CCO)[C@]1(O)C(=O)N(c2ccccc2)c2ccc(N3C(=O)COc4ccccc43)cc21. The molecule has 2 amide bonds. The zero-order valence-electron chi connectivity index (χ0n) is 19.3. The number of carbonyl (C=O) groups excluding carboxylic acids is 2. The van der Waals surface area contributed by atoms with Crippen LogP contribution in [0.5, 0.6) is 5.75 Å². The van der Waals surface area contributed by atoms with Crippen molar-refractivity contribution in [2.24, 2.45) is 5.92 Å². The van der Waals surface area contributed by atoms with Crippen LogP contribution in [-0.2, 0) is 15.2 Å². The predicted molar refractivity (Wildman–Crippen MR) is 133 cm³/mol.